The molecule has 1 fully saturated rings. The standard InChI is InChI=1S/C27H31N5O/c1-18-11-13-23-24(16-18)29-27(28-23)25-10-7-15-31(25)26(33)14-12-22-19(2)30-32(20(22)3)17-21-8-5-4-6-9-21/h4-6,8-9,11,13,16,25H,7,10,12,14-15,17H2,1-3H3,(H,28,29). The molecular formula is C27H31N5O. The van der Waals surface area contributed by atoms with Gasteiger partial charge in [0.1, 0.15) is 5.82 Å². The van der Waals surface area contributed by atoms with Gasteiger partial charge in [-0.1, -0.05) is 36.4 Å². The van der Waals surface area contributed by atoms with Crippen molar-refractivity contribution in [3.63, 3.8) is 0 Å². The third-order valence-electron chi connectivity index (χ3n) is 6.84. The van der Waals surface area contributed by atoms with Crippen LogP contribution in [0.25, 0.3) is 11.0 Å². The van der Waals surface area contributed by atoms with Crippen molar-refractivity contribution in [2.45, 2.75) is 59.0 Å². The molecule has 3 heterocycles. The maximum atomic E-state index is 13.2. The summed E-state index contributed by atoms with van der Waals surface area (Å²) in [5, 5.41) is 4.75. The second-order valence-electron chi connectivity index (χ2n) is 9.18. The van der Waals surface area contributed by atoms with E-state index in [2.05, 4.69) is 59.9 Å². The van der Waals surface area contributed by atoms with Crippen LogP contribution in [0.3, 0.4) is 0 Å². The predicted molar refractivity (Wildman–Crippen MR) is 130 cm³/mol. The maximum absolute atomic E-state index is 13.2. The van der Waals surface area contributed by atoms with Crippen LogP contribution in [0.1, 0.15) is 59.2 Å². The van der Waals surface area contributed by atoms with Crippen LogP contribution in [-0.2, 0) is 17.8 Å². The largest absolute Gasteiger partial charge is 0.340 e. The van der Waals surface area contributed by atoms with E-state index in [1.54, 1.807) is 0 Å². The number of nitrogens with zero attached hydrogens (tertiary/aromatic N) is 4. The number of benzene rings is 2. The molecule has 1 N–H and O–H groups in total. The number of rotatable bonds is 6. The molecular weight excluding hydrogens is 410 g/mol. The van der Waals surface area contributed by atoms with E-state index in [1.165, 1.54) is 16.7 Å². The number of amides is 1. The molecule has 1 amide bonds. The van der Waals surface area contributed by atoms with Gasteiger partial charge < -0.3 is 9.88 Å². The van der Waals surface area contributed by atoms with Gasteiger partial charge in [-0.3, -0.25) is 9.48 Å². The monoisotopic (exact) mass is 441 g/mol. The van der Waals surface area contributed by atoms with Crippen molar-refractivity contribution in [3.8, 4) is 0 Å². The highest BCUT2D eigenvalue weighted by atomic mass is 16.2. The van der Waals surface area contributed by atoms with Crippen molar-refractivity contribution < 1.29 is 4.79 Å². The van der Waals surface area contributed by atoms with Gasteiger partial charge in [0, 0.05) is 18.7 Å². The first-order valence-electron chi connectivity index (χ1n) is 11.8. The van der Waals surface area contributed by atoms with E-state index in [0.717, 1.165) is 54.2 Å². The predicted octanol–water partition coefficient (Wildman–Crippen LogP) is 5.03. The van der Waals surface area contributed by atoms with Crippen molar-refractivity contribution in [1.82, 2.24) is 24.6 Å². The SMILES string of the molecule is Cc1ccc2nc(C3CCCN3C(=O)CCc3c(C)nn(Cc4ccccc4)c3C)[nH]c2c1. The summed E-state index contributed by atoms with van der Waals surface area (Å²) < 4.78 is 2.06. The quantitative estimate of drug-likeness (QED) is 0.456. The van der Waals surface area contributed by atoms with Crippen LogP contribution in [-0.4, -0.2) is 37.1 Å². The van der Waals surface area contributed by atoms with Gasteiger partial charge in [0.25, 0.3) is 0 Å². The Morgan fingerprint density at radius 3 is 2.76 bits per heavy atom. The molecule has 6 nitrogen and oxygen atoms in total. The molecule has 1 saturated heterocycles. The van der Waals surface area contributed by atoms with E-state index >= 15 is 0 Å². The fourth-order valence-corrected chi connectivity index (χ4v) is 5.03. The molecule has 1 atom stereocenters. The molecule has 0 spiro atoms. The van der Waals surface area contributed by atoms with E-state index < -0.39 is 0 Å². The molecule has 170 valence electrons. The first-order valence-corrected chi connectivity index (χ1v) is 11.8. The van der Waals surface area contributed by atoms with E-state index in [0.29, 0.717) is 12.8 Å². The smallest absolute Gasteiger partial charge is 0.223 e. The highest BCUT2D eigenvalue weighted by Gasteiger charge is 2.32. The van der Waals surface area contributed by atoms with Gasteiger partial charge in [-0.25, -0.2) is 4.98 Å². The Bertz CT molecular complexity index is 1290. The molecule has 2 aromatic carbocycles. The highest BCUT2D eigenvalue weighted by molar-refractivity contribution is 5.78. The van der Waals surface area contributed by atoms with Crippen molar-refractivity contribution >= 4 is 16.9 Å². The third kappa shape index (κ3) is 4.30. The molecule has 33 heavy (non-hydrogen) atoms. The summed E-state index contributed by atoms with van der Waals surface area (Å²) in [6, 6.07) is 16.6. The number of imidazole rings is 1. The molecule has 0 aliphatic carbocycles. The minimum Gasteiger partial charge on any atom is -0.340 e. The number of carbonyl (C=O) groups is 1. The van der Waals surface area contributed by atoms with Crippen LogP contribution in [0.4, 0.5) is 0 Å². The molecule has 2 aromatic heterocycles. The summed E-state index contributed by atoms with van der Waals surface area (Å²) in [7, 11) is 0. The Hall–Kier alpha value is -3.41. The molecule has 0 radical (unpaired) electrons. The Morgan fingerprint density at radius 1 is 1.12 bits per heavy atom. The highest BCUT2D eigenvalue weighted by Crippen LogP contribution is 2.32. The minimum atomic E-state index is 0.0354. The summed E-state index contributed by atoms with van der Waals surface area (Å²) in [5.41, 5.74) is 7.79. The second-order valence-corrected chi connectivity index (χ2v) is 9.18. The number of nitrogens with one attached hydrogen (secondary N) is 1. The van der Waals surface area contributed by atoms with Crippen LogP contribution in [0.15, 0.2) is 48.5 Å². The Morgan fingerprint density at radius 2 is 1.94 bits per heavy atom. The lowest BCUT2D eigenvalue weighted by atomic mass is 10.1. The number of H-pyrrole nitrogens is 1. The molecule has 0 saturated carbocycles. The number of aryl methyl sites for hydroxylation is 2. The first kappa shape index (κ1) is 21.4. The molecule has 0 bridgehead atoms. The van der Waals surface area contributed by atoms with Gasteiger partial charge in [-0.2, -0.15) is 5.10 Å². The van der Waals surface area contributed by atoms with Crippen LogP contribution >= 0.6 is 0 Å². The average Bonchev–Trinajstić information content (AvgIpc) is 3.51. The molecule has 1 unspecified atom stereocenters. The average molecular weight is 442 g/mol. The second kappa shape index (κ2) is 8.85. The Kier molecular flexibility index (Phi) is 5.75. The number of aromatic nitrogens is 4. The molecule has 6 heteroatoms. The van der Waals surface area contributed by atoms with Crippen LogP contribution in [0, 0.1) is 20.8 Å². The van der Waals surface area contributed by atoms with Crippen LogP contribution < -0.4 is 0 Å². The normalized spacial score (nSPS) is 16.1. The number of fused-ring (bicyclic) bond motifs is 1. The van der Waals surface area contributed by atoms with Crippen molar-refractivity contribution in [3.05, 3.63) is 82.4 Å². The summed E-state index contributed by atoms with van der Waals surface area (Å²) in [6.45, 7) is 7.78. The van der Waals surface area contributed by atoms with Crippen molar-refractivity contribution in [2.24, 2.45) is 0 Å². The minimum absolute atomic E-state index is 0.0354. The number of hydrogen-bond acceptors (Lipinski definition) is 3. The fraction of sp³-hybridized carbons (Fsp3) is 0.370. The zero-order valence-corrected chi connectivity index (χ0v) is 19.6. The zero-order chi connectivity index (χ0) is 22.9. The lowest BCUT2D eigenvalue weighted by molar-refractivity contribution is -0.132. The number of likely N-dealkylation sites (tertiary alicyclic amines) is 1. The Labute approximate surface area is 194 Å². The summed E-state index contributed by atoms with van der Waals surface area (Å²) in [4.78, 5) is 23.5. The lowest BCUT2D eigenvalue weighted by Gasteiger charge is -2.23. The zero-order valence-electron chi connectivity index (χ0n) is 19.6. The Balaban J connectivity index is 1.28. The van der Waals surface area contributed by atoms with Crippen LogP contribution in [0.5, 0.6) is 0 Å². The van der Waals surface area contributed by atoms with E-state index in [-0.39, 0.29) is 11.9 Å². The van der Waals surface area contributed by atoms with Gasteiger partial charge in [-0.05, 0) is 68.9 Å². The number of hydrogen-bond donors (Lipinski definition) is 1. The summed E-state index contributed by atoms with van der Waals surface area (Å²) in [5.74, 6) is 1.10. The van der Waals surface area contributed by atoms with E-state index in [1.807, 2.05) is 24.0 Å². The van der Waals surface area contributed by atoms with Gasteiger partial charge in [0.2, 0.25) is 5.91 Å². The number of carbonyl (C=O) groups excluding carboxylic acids is 1. The topological polar surface area (TPSA) is 66.8 Å². The summed E-state index contributed by atoms with van der Waals surface area (Å²) in [6.07, 6.45) is 3.18. The van der Waals surface area contributed by atoms with E-state index in [9.17, 15) is 4.79 Å². The molecule has 1 aliphatic heterocycles. The fourth-order valence-electron chi connectivity index (χ4n) is 5.03. The van der Waals surface area contributed by atoms with Crippen LogP contribution in [0.2, 0.25) is 0 Å². The molecule has 4 aromatic rings. The maximum Gasteiger partial charge on any atom is 0.223 e. The third-order valence-corrected chi connectivity index (χ3v) is 6.84. The molecule has 1 aliphatic rings. The summed E-state index contributed by atoms with van der Waals surface area (Å²) >= 11 is 0. The lowest BCUT2D eigenvalue weighted by Crippen LogP contribution is -2.31. The van der Waals surface area contributed by atoms with Crippen molar-refractivity contribution in [1.29, 1.82) is 0 Å². The van der Waals surface area contributed by atoms with Gasteiger partial charge in [-0.15, -0.1) is 0 Å². The van der Waals surface area contributed by atoms with Gasteiger partial charge in [0.05, 0.1) is 29.3 Å². The van der Waals surface area contributed by atoms with Gasteiger partial charge >= 0.3 is 0 Å². The van der Waals surface area contributed by atoms with Gasteiger partial charge in [0.15, 0.2) is 0 Å². The first-order chi connectivity index (χ1) is 16.0. The molecule has 5 rings (SSSR count). The number of aromatic amines is 1. The van der Waals surface area contributed by atoms with Crippen molar-refractivity contribution in [2.75, 3.05) is 6.54 Å². The van der Waals surface area contributed by atoms with E-state index in [4.69, 9.17) is 10.1 Å².